The lowest BCUT2D eigenvalue weighted by molar-refractivity contribution is -0.132. The van der Waals surface area contributed by atoms with Gasteiger partial charge in [-0.1, -0.05) is 12.1 Å². The number of hydrogen-bond acceptors (Lipinski definition) is 7. The third-order valence-electron chi connectivity index (χ3n) is 8.41. The number of carbonyl (C=O) groups is 3. The third kappa shape index (κ3) is 6.34. The second kappa shape index (κ2) is 12.7. The number of aromatic amines is 1. The van der Waals surface area contributed by atoms with Crippen LogP contribution in [-0.2, 0) is 23.1 Å². The fraction of sp³-hybridized carbons (Fsp3) is 0.375. The first-order valence-corrected chi connectivity index (χ1v) is 14.9. The molecule has 0 radical (unpaired) electrons. The average Bonchev–Trinajstić information content (AvgIpc) is 3.65. The Labute approximate surface area is 254 Å². The number of hydrogen-bond donors (Lipinski definition) is 2. The molecule has 0 saturated carbocycles. The van der Waals surface area contributed by atoms with Crippen molar-refractivity contribution >= 4 is 28.8 Å². The Bertz CT molecular complexity index is 1730. The van der Waals surface area contributed by atoms with E-state index in [1.165, 1.54) is 6.07 Å². The normalized spacial score (nSPS) is 19.2. The van der Waals surface area contributed by atoms with Crippen LogP contribution in [0.25, 0.3) is 11.0 Å². The summed E-state index contributed by atoms with van der Waals surface area (Å²) in [5.74, 6) is -0.360. The average molecular weight is 598 g/mol. The number of aryl methyl sites for hydroxylation is 2. The lowest BCUT2D eigenvalue weighted by atomic mass is 9.88. The summed E-state index contributed by atoms with van der Waals surface area (Å²) in [7, 11) is 1.91. The fourth-order valence-corrected chi connectivity index (χ4v) is 6.02. The van der Waals surface area contributed by atoms with Crippen LogP contribution in [0.4, 0.5) is 0 Å². The molecule has 1 saturated heterocycles. The van der Waals surface area contributed by atoms with Gasteiger partial charge < -0.3 is 24.4 Å². The lowest BCUT2D eigenvalue weighted by Crippen LogP contribution is -2.42. The van der Waals surface area contributed by atoms with Gasteiger partial charge in [0.15, 0.2) is 0 Å². The van der Waals surface area contributed by atoms with Crippen LogP contribution >= 0.6 is 0 Å². The van der Waals surface area contributed by atoms with Crippen LogP contribution in [0.2, 0.25) is 0 Å². The molecule has 1 fully saturated rings. The molecule has 2 aromatic carbocycles. The first kappa shape index (κ1) is 29.1. The molecule has 2 aliphatic heterocycles. The number of amides is 3. The zero-order chi connectivity index (χ0) is 30.6. The van der Waals surface area contributed by atoms with Gasteiger partial charge in [-0.15, -0.1) is 0 Å². The molecule has 2 aromatic heterocycles. The van der Waals surface area contributed by atoms with E-state index in [1.54, 1.807) is 34.3 Å². The minimum Gasteiger partial charge on any atom is -0.494 e. The number of H-pyrrole nitrogens is 1. The van der Waals surface area contributed by atoms with E-state index < -0.39 is 5.92 Å². The first-order valence-electron chi connectivity index (χ1n) is 14.9. The highest BCUT2D eigenvalue weighted by Crippen LogP contribution is 2.35. The highest BCUT2D eigenvalue weighted by atomic mass is 16.5. The van der Waals surface area contributed by atoms with E-state index in [-0.39, 0.29) is 48.7 Å². The van der Waals surface area contributed by atoms with Crippen molar-refractivity contribution in [3.8, 4) is 5.75 Å². The molecule has 12 heteroatoms. The van der Waals surface area contributed by atoms with Crippen molar-refractivity contribution in [1.29, 1.82) is 0 Å². The molecular formula is C32H35N7O5. The van der Waals surface area contributed by atoms with Gasteiger partial charge in [0, 0.05) is 70.2 Å². The molecule has 4 aromatic rings. The summed E-state index contributed by atoms with van der Waals surface area (Å²) >= 11 is 0. The van der Waals surface area contributed by atoms with Crippen molar-refractivity contribution in [3.05, 3.63) is 88.1 Å². The number of aromatic nitrogens is 4. The number of rotatable bonds is 4. The molecule has 0 unspecified atom stereocenters. The van der Waals surface area contributed by atoms with Gasteiger partial charge in [-0.25, -0.2) is 10.1 Å². The topological polar surface area (TPSA) is 143 Å². The van der Waals surface area contributed by atoms with Gasteiger partial charge in [-0.3, -0.25) is 19.2 Å². The van der Waals surface area contributed by atoms with Crippen molar-refractivity contribution in [1.82, 2.24) is 34.9 Å². The molecule has 2 bridgehead atoms. The number of fused-ring (bicyclic) bond motifs is 5. The van der Waals surface area contributed by atoms with E-state index in [2.05, 4.69) is 20.5 Å². The Morgan fingerprint density at radius 1 is 1.00 bits per heavy atom. The van der Waals surface area contributed by atoms with Crippen molar-refractivity contribution in [2.75, 3.05) is 39.3 Å². The summed E-state index contributed by atoms with van der Waals surface area (Å²) in [5.41, 5.74) is 3.50. The molecule has 44 heavy (non-hydrogen) atoms. The smallest absolute Gasteiger partial charge is 0.264 e. The SMILES string of the molecule is Cn1cnc2cc(C(=O)N3C[C@@H]4C(=O)NCCN(C(=O)CCc5ccc(=O)[nH]n5)CCCOc5cccc(c5)[C@H]4C3)ccc21. The van der Waals surface area contributed by atoms with Gasteiger partial charge >= 0.3 is 0 Å². The Kier molecular flexibility index (Phi) is 8.40. The zero-order valence-electron chi connectivity index (χ0n) is 24.6. The summed E-state index contributed by atoms with van der Waals surface area (Å²) in [5, 5.41) is 9.42. The van der Waals surface area contributed by atoms with Crippen LogP contribution in [0.5, 0.6) is 5.75 Å². The van der Waals surface area contributed by atoms with Crippen LogP contribution in [-0.4, -0.2) is 86.6 Å². The third-order valence-corrected chi connectivity index (χ3v) is 8.41. The van der Waals surface area contributed by atoms with Crippen molar-refractivity contribution in [3.63, 3.8) is 0 Å². The van der Waals surface area contributed by atoms with E-state index in [0.29, 0.717) is 56.1 Å². The summed E-state index contributed by atoms with van der Waals surface area (Å²) in [6.07, 6.45) is 2.95. The van der Waals surface area contributed by atoms with Crippen LogP contribution in [0, 0.1) is 5.92 Å². The molecular weight excluding hydrogens is 562 g/mol. The van der Waals surface area contributed by atoms with E-state index in [0.717, 1.165) is 16.6 Å². The highest BCUT2D eigenvalue weighted by molar-refractivity contribution is 5.98. The number of carbonyl (C=O) groups excluding carboxylic acids is 3. The van der Waals surface area contributed by atoms with Gasteiger partial charge in [0.25, 0.3) is 11.5 Å². The van der Waals surface area contributed by atoms with Crippen LogP contribution in [0.15, 0.2) is 65.7 Å². The molecule has 2 atom stereocenters. The number of nitrogens with zero attached hydrogens (tertiary/aromatic N) is 5. The Balaban J connectivity index is 1.18. The largest absolute Gasteiger partial charge is 0.494 e. The lowest BCUT2D eigenvalue weighted by Gasteiger charge is -2.25. The number of benzene rings is 2. The Hall–Kier alpha value is -5.00. The maximum absolute atomic E-state index is 13.6. The summed E-state index contributed by atoms with van der Waals surface area (Å²) in [6, 6.07) is 16.2. The Morgan fingerprint density at radius 3 is 2.70 bits per heavy atom. The number of ether oxygens (including phenoxy) is 1. The second-order valence-electron chi connectivity index (χ2n) is 11.3. The zero-order valence-corrected chi connectivity index (χ0v) is 24.6. The summed E-state index contributed by atoms with van der Waals surface area (Å²) in [4.78, 5) is 59.6. The van der Waals surface area contributed by atoms with E-state index in [1.807, 2.05) is 41.9 Å². The van der Waals surface area contributed by atoms with Gasteiger partial charge in [-0.2, -0.15) is 5.10 Å². The number of imidazole rings is 1. The first-order chi connectivity index (χ1) is 21.4. The molecule has 4 heterocycles. The van der Waals surface area contributed by atoms with Gasteiger partial charge in [-0.05, 0) is 48.4 Å². The van der Waals surface area contributed by atoms with E-state index in [9.17, 15) is 19.2 Å². The molecule has 0 aliphatic carbocycles. The summed E-state index contributed by atoms with van der Waals surface area (Å²) in [6.45, 7) is 2.20. The maximum Gasteiger partial charge on any atom is 0.264 e. The van der Waals surface area contributed by atoms with E-state index >= 15 is 0 Å². The van der Waals surface area contributed by atoms with Gasteiger partial charge in [0.2, 0.25) is 11.8 Å². The predicted molar refractivity (Wildman–Crippen MR) is 162 cm³/mol. The standard InChI is InChI=1S/C32H35N7O5/c1-37-20-34-27-17-22(6-9-28(27)37)32(43)39-18-25-21-4-2-5-24(16-21)44-15-3-13-38(14-12-33-31(42)26(25)19-39)30(41)11-8-23-7-10-29(40)36-35-23/h2,4-7,9-10,16-17,20,25-26H,3,8,11-15,18-19H2,1H3,(H,33,42)(H,36,40)/t25-,26+/m1/s1. The van der Waals surface area contributed by atoms with Gasteiger partial charge in [0.05, 0.1) is 35.6 Å². The van der Waals surface area contributed by atoms with Crippen LogP contribution < -0.4 is 15.6 Å². The minimum absolute atomic E-state index is 0.0678. The van der Waals surface area contributed by atoms with Crippen molar-refractivity contribution < 1.29 is 19.1 Å². The molecule has 0 spiro atoms. The molecule has 12 nitrogen and oxygen atoms in total. The molecule has 3 amide bonds. The monoisotopic (exact) mass is 597 g/mol. The molecule has 6 rings (SSSR count). The molecule has 2 aliphatic rings. The van der Waals surface area contributed by atoms with E-state index in [4.69, 9.17) is 4.74 Å². The molecule has 2 N–H and O–H groups in total. The Morgan fingerprint density at radius 2 is 1.86 bits per heavy atom. The van der Waals surface area contributed by atoms with Crippen LogP contribution in [0.1, 0.15) is 40.4 Å². The van der Waals surface area contributed by atoms with Crippen molar-refractivity contribution in [2.24, 2.45) is 13.0 Å². The van der Waals surface area contributed by atoms with Crippen LogP contribution in [0.3, 0.4) is 0 Å². The number of nitrogens with one attached hydrogen (secondary N) is 2. The summed E-state index contributed by atoms with van der Waals surface area (Å²) < 4.78 is 7.95. The number of likely N-dealkylation sites (tertiary alicyclic amines) is 1. The van der Waals surface area contributed by atoms with Gasteiger partial charge in [0.1, 0.15) is 5.75 Å². The highest BCUT2D eigenvalue weighted by Gasteiger charge is 2.41. The minimum atomic E-state index is -0.466. The van der Waals surface area contributed by atoms with Crippen molar-refractivity contribution in [2.45, 2.75) is 25.2 Å². The molecule has 228 valence electrons. The predicted octanol–water partition coefficient (Wildman–Crippen LogP) is 1.87. The second-order valence-corrected chi connectivity index (χ2v) is 11.3. The quantitative estimate of drug-likeness (QED) is 0.366. The fourth-order valence-electron chi connectivity index (χ4n) is 6.02. The maximum atomic E-state index is 13.6.